The number of rotatable bonds is 6. The van der Waals surface area contributed by atoms with E-state index in [1.54, 1.807) is 30.3 Å². The molecule has 0 aromatic heterocycles. The summed E-state index contributed by atoms with van der Waals surface area (Å²) >= 11 is 0. The van der Waals surface area contributed by atoms with Gasteiger partial charge in [-0.25, -0.2) is 0 Å². The minimum atomic E-state index is -4.54. The number of nitrogens with zero attached hydrogens (tertiary/aromatic N) is 1. The molecule has 0 heterocycles. The largest absolute Gasteiger partial charge is 0.488 e. The topological polar surface area (TPSA) is 62.1 Å². The highest BCUT2D eigenvalue weighted by Gasteiger charge is 2.30. The average molecular weight is 436 g/mol. The summed E-state index contributed by atoms with van der Waals surface area (Å²) in [5, 5.41) is 11.8. The van der Waals surface area contributed by atoms with Crippen molar-refractivity contribution in [2.24, 2.45) is 0 Å². The van der Waals surface area contributed by atoms with Crippen LogP contribution in [0, 0.1) is 18.3 Å². The Bertz CT molecular complexity index is 1180. The van der Waals surface area contributed by atoms with Crippen molar-refractivity contribution < 1.29 is 22.7 Å². The zero-order valence-electron chi connectivity index (χ0n) is 17.1. The van der Waals surface area contributed by atoms with Gasteiger partial charge in [-0.2, -0.15) is 18.4 Å². The smallest absolute Gasteiger partial charge is 0.416 e. The number of carbonyl (C=O) groups is 1. The first-order valence-corrected chi connectivity index (χ1v) is 9.64. The zero-order chi connectivity index (χ0) is 23.1. The number of anilines is 1. The van der Waals surface area contributed by atoms with Crippen molar-refractivity contribution in [2.75, 3.05) is 5.32 Å². The first kappa shape index (κ1) is 22.6. The highest BCUT2D eigenvalue weighted by molar-refractivity contribution is 6.09. The van der Waals surface area contributed by atoms with Crippen molar-refractivity contribution >= 4 is 17.7 Å². The molecule has 1 N–H and O–H groups in total. The van der Waals surface area contributed by atoms with Crippen molar-refractivity contribution in [2.45, 2.75) is 19.7 Å². The Hall–Kier alpha value is -4.05. The number of carbonyl (C=O) groups excluding carboxylic acids is 1. The van der Waals surface area contributed by atoms with Gasteiger partial charge in [0.05, 0.1) is 5.56 Å². The van der Waals surface area contributed by atoms with Gasteiger partial charge in [0.25, 0.3) is 5.91 Å². The van der Waals surface area contributed by atoms with E-state index < -0.39 is 17.6 Å². The lowest BCUT2D eigenvalue weighted by Gasteiger charge is -2.11. The molecule has 0 radical (unpaired) electrons. The summed E-state index contributed by atoms with van der Waals surface area (Å²) in [4.78, 5) is 12.5. The van der Waals surface area contributed by atoms with Gasteiger partial charge in [-0.1, -0.05) is 54.1 Å². The van der Waals surface area contributed by atoms with Crippen LogP contribution in [0.25, 0.3) is 6.08 Å². The van der Waals surface area contributed by atoms with Gasteiger partial charge < -0.3 is 10.1 Å². The second kappa shape index (κ2) is 9.84. The molecule has 0 atom stereocenters. The number of hydrogen-bond donors (Lipinski definition) is 1. The van der Waals surface area contributed by atoms with Crippen molar-refractivity contribution in [1.82, 2.24) is 0 Å². The molecule has 1 amide bonds. The molecule has 162 valence electrons. The van der Waals surface area contributed by atoms with E-state index in [1.807, 2.05) is 31.2 Å². The van der Waals surface area contributed by atoms with E-state index in [1.165, 1.54) is 18.2 Å². The van der Waals surface area contributed by atoms with Crippen LogP contribution >= 0.6 is 0 Å². The maximum Gasteiger partial charge on any atom is 0.416 e. The van der Waals surface area contributed by atoms with Crippen LogP contribution in [-0.4, -0.2) is 5.91 Å². The lowest BCUT2D eigenvalue weighted by molar-refractivity contribution is -0.137. The molecule has 0 aliphatic carbocycles. The molecule has 0 unspecified atom stereocenters. The summed E-state index contributed by atoms with van der Waals surface area (Å²) in [7, 11) is 0. The van der Waals surface area contributed by atoms with Crippen LogP contribution < -0.4 is 10.1 Å². The Kier molecular flexibility index (Phi) is 6.96. The van der Waals surface area contributed by atoms with Gasteiger partial charge >= 0.3 is 6.18 Å². The van der Waals surface area contributed by atoms with Gasteiger partial charge in [-0.15, -0.1) is 0 Å². The van der Waals surface area contributed by atoms with Gasteiger partial charge in [0.1, 0.15) is 24.0 Å². The van der Waals surface area contributed by atoms with E-state index in [-0.39, 0.29) is 11.3 Å². The molecule has 0 aliphatic heterocycles. The van der Waals surface area contributed by atoms with Crippen LogP contribution in [0.15, 0.2) is 78.4 Å². The molecule has 7 heteroatoms. The molecule has 0 saturated heterocycles. The molecule has 3 rings (SSSR count). The number of nitrogens with one attached hydrogen (secondary N) is 1. The minimum Gasteiger partial charge on any atom is -0.488 e. The lowest BCUT2D eigenvalue weighted by Crippen LogP contribution is -2.14. The van der Waals surface area contributed by atoms with Crippen molar-refractivity contribution in [3.05, 3.63) is 101 Å². The number of alkyl halides is 3. The number of nitriles is 1. The lowest BCUT2D eigenvalue weighted by atomic mass is 10.1. The number of para-hydroxylation sites is 1. The summed E-state index contributed by atoms with van der Waals surface area (Å²) in [6, 6.07) is 20.7. The molecule has 3 aromatic rings. The molecule has 0 aliphatic rings. The van der Waals surface area contributed by atoms with E-state index >= 15 is 0 Å². The van der Waals surface area contributed by atoms with Crippen molar-refractivity contribution in [3.63, 3.8) is 0 Å². The maximum absolute atomic E-state index is 12.9. The van der Waals surface area contributed by atoms with E-state index in [0.717, 1.165) is 23.3 Å². The quantitative estimate of drug-likeness (QED) is 0.373. The monoisotopic (exact) mass is 436 g/mol. The average Bonchev–Trinajstić information content (AvgIpc) is 2.77. The first-order valence-electron chi connectivity index (χ1n) is 9.64. The van der Waals surface area contributed by atoms with Crippen LogP contribution in [0.4, 0.5) is 18.9 Å². The number of halogens is 3. The SMILES string of the molecule is Cc1ccc(COc2ccccc2/C=C(\C#N)C(=O)Nc2cccc(C(F)(F)F)c2)cc1. The maximum atomic E-state index is 12.9. The molecule has 0 spiro atoms. The molecule has 0 bridgehead atoms. The summed E-state index contributed by atoms with van der Waals surface area (Å²) in [6.45, 7) is 2.28. The fourth-order valence-corrected chi connectivity index (χ4v) is 2.85. The Labute approximate surface area is 183 Å². The predicted octanol–water partition coefficient (Wildman–Crippen LogP) is 6.14. The number of hydrogen-bond acceptors (Lipinski definition) is 3. The fraction of sp³-hybridized carbons (Fsp3) is 0.120. The van der Waals surface area contributed by atoms with Gasteiger partial charge in [-0.05, 0) is 42.8 Å². The van der Waals surface area contributed by atoms with Crippen molar-refractivity contribution in [1.29, 1.82) is 5.26 Å². The van der Waals surface area contributed by atoms with Crippen LogP contribution in [0.1, 0.15) is 22.3 Å². The zero-order valence-corrected chi connectivity index (χ0v) is 17.1. The molecule has 4 nitrogen and oxygen atoms in total. The summed E-state index contributed by atoms with van der Waals surface area (Å²) in [5.74, 6) is -0.354. The Morgan fingerprint density at radius 3 is 2.47 bits per heavy atom. The molecule has 0 fully saturated rings. The molecular formula is C25H19F3N2O2. The van der Waals surface area contributed by atoms with Crippen molar-refractivity contribution in [3.8, 4) is 11.8 Å². The minimum absolute atomic E-state index is 0.0603. The van der Waals surface area contributed by atoms with Crippen LogP contribution in [0.3, 0.4) is 0 Å². The molecule has 0 saturated carbocycles. The number of benzene rings is 3. The van der Waals surface area contributed by atoms with Crippen LogP contribution in [-0.2, 0) is 17.6 Å². The summed E-state index contributed by atoms with van der Waals surface area (Å²) in [6.07, 6.45) is -3.20. The normalized spacial score (nSPS) is 11.5. The van der Waals surface area contributed by atoms with Gasteiger partial charge in [0, 0.05) is 11.3 Å². The van der Waals surface area contributed by atoms with E-state index in [4.69, 9.17) is 4.74 Å². The third-order valence-corrected chi connectivity index (χ3v) is 4.55. The number of amides is 1. The fourth-order valence-electron chi connectivity index (χ4n) is 2.85. The predicted molar refractivity (Wildman–Crippen MR) is 116 cm³/mol. The second-order valence-electron chi connectivity index (χ2n) is 7.01. The Balaban J connectivity index is 1.78. The molecule has 32 heavy (non-hydrogen) atoms. The second-order valence-corrected chi connectivity index (χ2v) is 7.01. The third kappa shape index (κ3) is 5.99. The van der Waals surface area contributed by atoms with E-state index in [0.29, 0.717) is 17.9 Å². The summed E-state index contributed by atoms with van der Waals surface area (Å²) in [5.41, 5.74) is 1.35. The van der Waals surface area contributed by atoms with Gasteiger partial charge in [-0.3, -0.25) is 4.79 Å². The molecular weight excluding hydrogens is 417 g/mol. The standard InChI is InChI=1S/C25H19F3N2O2/c1-17-9-11-18(12-10-17)16-32-23-8-3-2-5-19(23)13-20(15-29)24(31)30-22-7-4-6-21(14-22)25(26,27)28/h2-14H,16H2,1H3,(H,30,31)/b20-13+. The Morgan fingerprint density at radius 1 is 1.06 bits per heavy atom. The highest BCUT2D eigenvalue weighted by atomic mass is 19.4. The van der Waals surface area contributed by atoms with E-state index in [9.17, 15) is 23.2 Å². The van der Waals surface area contributed by atoms with Crippen LogP contribution in [0.2, 0.25) is 0 Å². The van der Waals surface area contributed by atoms with E-state index in [2.05, 4.69) is 5.32 Å². The first-order chi connectivity index (χ1) is 15.3. The number of aryl methyl sites for hydroxylation is 1. The van der Waals surface area contributed by atoms with Gasteiger partial charge in [0.2, 0.25) is 0 Å². The van der Waals surface area contributed by atoms with Gasteiger partial charge in [0.15, 0.2) is 0 Å². The third-order valence-electron chi connectivity index (χ3n) is 4.55. The molecule has 3 aromatic carbocycles. The Morgan fingerprint density at radius 2 is 1.78 bits per heavy atom. The van der Waals surface area contributed by atoms with Crippen LogP contribution in [0.5, 0.6) is 5.75 Å². The highest BCUT2D eigenvalue weighted by Crippen LogP contribution is 2.31. The summed E-state index contributed by atoms with van der Waals surface area (Å²) < 4.78 is 44.5. The number of ether oxygens (including phenoxy) is 1.